The van der Waals surface area contributed by atoms with Crippen LogP contribution in [0.1, 0.15) is 90.9 Å². The molecule has 2 unspecified atom stereocenters. The summed E-state index contributed by atoms with van der Waals surface area (Å²) in [5, 5.41) is 3.59. The largest absolute Gasteiger partial charge is 0.317 e. The Morgan fingerprint density at radius 1 is 0.789 bits per heavy atom. The Morgan fingerprint density at radius 2 is 1.47 bits per heavy atom. The van der Waals surface area contributed by atoms with Gasteiger partial charge in [-0.3, -0.25) is 0 Å². The lowest BCUT2D eigenvalue weighted by molar-refractivity contribution is 0.277. The average molecular weight is 268 g/mol. The van der Waals surface area contributed by atoms with Crippen LogP contribution in [-0.4, -0.2) is 13.1 Å². The van der Waals surface area contributed by atoms with Crippen molar-refractivity contribution in [1.29, 1.82) is 0 Å². The summed E-state index contributed by atoms with van der Waals surface area (Å²) in [6.45, 7) is 6.95. The number of rotatable bonds is 10. The predicted molar refractivity (Wildman–Crippen MR) is 86.6 cm³/mol. The summed E-state index contributed by atoms with van der Waals surface area (Å²) in [5.41, 5.74) is 0. The van der Waals surface area contributed by atoms with Crippen molar-refractivity contribution < 1.29 is 0 Å². The fourth-order valence-corrected chi connectivity index (χ4v) is 3.63. The summed E-state index contributed by atoms with van der Waals surface area (Å²) in [5.74, 6) is 1.99. The molecule has 2 atom stereocenters. The minimum absolute atomic E-state index is 0.970. The fraction of sp³-hybridized carbons (Fsp3) is 1.00. The summed E-state index contributed by atoms with van der Waals surface area (Å²) in [4.78, 5) is 0. The lowest BCUT2D eigenvalue weighted by Crippen LogP contribution is -2.27. The summed E-state index contributed by atoms with van der Waals surface area (Å²) < 4.78 is 0. The lowest BCUT2D eigenvalue weighted by Gasteiger charge is -2.25. The molecule has 1 fully saturated rings. The summed E-state index contributed by atoms with van der Waals surface area (Å²) in [7, 11) is 0. The van der Waals surface area contributed by atoms with E-state index in [1.165, 1.54) is 83.6 Å². The van der Waals surface area contributed by atoms with Crippen LogP contribution in [0.25, 0.3) is 0 Å². The van der Waals surface area contributed by atoms with Crippen LogP contribution in [0, 0.1) is 11.8 Å². The SMILES string of the molecule is CCCCCCCCC1CCCCCC1CNCC. The third-order valence-electron chi connectivity index (χ3n) is 4.90. The van der Waals surface area contributed by atoms with E-state index in [1.807, 2.05) is 0 Å². The molecule has 0 bridgehead atoms. The molecule has 114 valence electrons. The molecule has 0 amide bonds. The smallest absolute Gasteiger partial charge is 0.00180 e. The molecule has 1 saturated carbocycles. The van der Waals surface area contributed by atoms with Gasteiger partial charge in [0.05, 0.1) is 0 Å². The van der Waals surface area contributed by atoms with Crippen molar-refractivity contribution in [3.05, 3.63) is 0 Å². The van der Waals surface area contributed by atoms with Crippen LogP contribution in [0.5, 0.6) is 0 Å². The van der Waals surface area contributed by atoms with Gasteiger partial charge in [0.15, 0.2) is 0 Å². The fourth-order valence-electron chi connectivity index (χ4n) is 3.63. The molecular weight excluding hydrogens is 230 g/mol. The normalized spacial score (nSPS) is 24.3. The monoisotopic (exact) mass is 267 g/mol. The molecule has 1 heteroatoms. The van der Waals surface area contributed by atoms with E-state index in [2.05, 4.69) is 19.2 Å². The number of nitrogens with one attached hydrogen (secondary N) is 1. The number of hydrogen-bond acceptors (Lipinski definition) is 1. The first kappa shape index (κ1) is 17.0. The van der Waals surface area contributed by atoms with Crippen LogP contribution < -0.4 is 5.32 Å². The van der Waals surface area contributed by atoms with E-state index in [-0.39, 0.29) is 0 Å². The van der Waals surface area contributed by atoms with E-state index in [1.54, 1.807) is 0 Å². The molecular formula is C18H37N. The quantitative estimate of drug-likeness (QED) is 0.404. The maximum absolute atomic E-state index is 3.59. The van der Waals surface area contributed by atoms with E-state index in [9.17, 15) is 0 Å². The minimum atomic E-state index is 0.970. The minimum Gasteiger partial charge on any atom is -0.317 e. The van der Waals surface area contributed by atoms with Gasteiger partial charge < -0.3 is 5.32 Å². The second-order valence-corrected chi connectivity index (χ2v) is 6.52. The van der Waals surface area contributed by atoms with Gasteiger partial charge in [-0.2, -0.15) is 0 Å². The van der Waals surface area contributed by atoms with Gasteiger partial charge in [-0.05, 0) is 31.3 Å². The van der Waals surface area contributed by atoms with Crippen molar-refractivity contribution in [3.63, 3.8) is 0 Å². The maximum atomic E-state index is 3.59. The van der Waals surface area contributed by atoms with Gasteiger partial charge in [-0.1, -0.05) is 84.5 Å². The highest BCUT2D eigenvalue weighted by Crippen LogP contribution is 2.32. The first-order valence-corrected chi connectivity index (χ1v) is 9.09. The van der Waals surface area contributed by atoms with Gasteiger partial charge in [0.1, 0.15) is 0 Å². The molecule has 19 heavy (non-hydrogen) atoms. The standard InChI is InChI=1S/C18H37N/c1-3-5-6-7-8-10-13-17-14-11-9-12-15-18(17)16-19-4-2/h17-19H,3-16H2,1-2H3. The van der Waals surface area contributed by atoms with E-state index in [0.29, 0.717) is 0 Å². The number of unbranched alkanes of at least 4 members (excludes halogenated alkanes) is 5. The molecule has 0 aromatic rings. The van der Waals surface area contributed by atoms with Gasteiger partial charge in [-0.25, -0.2) is 0 Å². The molecule has 0 aliphatic heterocycles. The van der Waals surface area contributed by atoms with Crippen LogP contribution in [0.3, 0.4) is 0 Å². The first-order valence-electron chi connectivity index (χ1n) is 9.09. The zero-order valence-electron chi connectivity index (χ0n) is 13.6. The highest BCUT2D eigenvalue weighted by molar-refractivity contribution is 4.75. The van der Waals surface area contributed by atoms with Gasteiger partial charge in [0.25, 0.3) is 0 Å². The Bertz CT molecular complexity index is 190. The predicted octanol–water partition coefficient (Wildman–Crippen LogP) is 5.54. The van der Waals surface area contributed by atoms with Crippen LogP contribution >= 0.6 is 0 Å². The lowest BCUT2D eigenvalue weighted by atomic mass is 9.84. The summed E-state index contributed by atoms with van der Waals surface area (Å²) in [6, 6.07) is 0. The molecule has 1 nitrogen and oxygen atoms in total. The zero-order chi connectivity index (χ0) is 13.8. The average Bonchev–Trinajstić information content (AvgIpc) is 2.65. The Hall–Kier alpha value is -0.0400. The molecule has 0 spiro atoms. The summed E-state index contributed by atoms with van der Waals surface area (Å²) >= 11 is 0. The zero-order valence-corrected chi connectivity index (χ0v) is 13.6. The maximum Gasteiger partial charge on any atom is -0.00180 e. The van der Waals surface area contributed by atoms with Crippen molar-refractivity contribution in [2.45, 2.75) is 90.9 Å². The second kappa shape index (κ2) is 11.8. The van der Waals surface area contributed by atoms with E-state index >= 15 is 0 Å². The van der Waals surface area contributed by atoms with Crippen molar-refractivity contribution in [3.8, 4) is 0 Å². The molecule has 1 aliphatic rings. The molecule has 0 saturated heterocycles. The topological polar surface area (TPSA) is 12.0 Å². The Balaban J connectivity index is 2.18. The van der Waals surface area contributed by atoms with E-state index in [4.69, 9.17) is 0 Å². The van der Waals surface area contributed by atoms with Gasteiger partial charge in [0, 0.05) is 0 Å². The number of hydrogen-bond donors (Lipinski definition) is 1. The molecule has 1 rings (SSSR count). The van der Waals surface area contributed by atoms with Gasteiger partial charge >= 0.3 is 0 Å². The van der Waals surface area contributed by atoms with Gasteiger partial charge in [0.2, 0.25) is 0 Å². The van der Waals surface area contributed by atoms with Crippen molar-refractivity contribution in [2.24, 2.45) is 11.8 Å². The van der Waals surface area contributed by atoms with E-state index < -0.39 is 0 Å². The third kappa shape index (κ3) is 7.97. The highest BCUT2D eigenvalue weighted by atomic mass is 14.8. The van der Waals surface area contributed by atoms with E-state index in [0.717, 1.165) is 18.4 Å². The van der Waals surface area contributed by atoms with Crippen molar-refractivity contribution in [2.75, 3.05) is 13.1 Å². The Kier molecular flexibility index (Phi) is 10.5. The highest BCUT2D eigenvalue weighted by Gasteiger charge is 2.22. The van der Waals surface area contributed by atoms with Crippen LogP contribution in [-0.2, 0) is 0 Å². The Labute approximate surface area is 121 Å². The second-order valence-electron chi connectivity index (χ2n) is 6.52. The summed E-state index contributed by atoms with van der Waals surface area (Å²) in [6.07, 6.45) is 17.6. The Morgan fingerprint density at radius 3 is 2.21 bits per heavy atom. The molecule has 0 aromatic heterocycles. The van der Waals surface area contributed by atoms with Crippen LogP contribution in [0.4, 0.5) is 0 Å². The van der Waals surface area contributed by atoms with Crippen molar-refractivity contribution >= 4 is 0 Å². The van der Waals surface area contributed by atoms with Crippen LogP contribution in [0.15, 0.2) is 0 Å². The first-order chi connectivity index (χ1) is 9.38. The molecule has 1 N–H and O–H groups in total. The molecule has 0 heterocycles. The molecule has 1 aliphatic carbocycles. The molecule has 0 radical (unpaired) electrons. The van der Waals surface area contributed by atoms with Crippen LogP contribution in [0.2, 0.25) is 0 Å². The van der Waals surface area contributed by atoms with Crippen molar-refractivity contribution in [1.82, 2.24) is 5.32 Å². The molecule has 0 aromatic carbocycles. The third-order valence-corrected chi connectivity index (χ3v) is 4.90. The van der Waals surface area contributed by atoms with Gasteiger partial charge in [-0.15, -0.1) is 0 Å².